The largest absolute Gasteiger partial charge is 0.310 e. The van der Waals surface area contributed by atoms with Crippen molar-refractivity contribution in [3.8, 4) is 0 Å². The van der Waals surface area contributed by atoms with E-state index in [9.17, 15) is 8.78 Å². The fourth-order valence-electron chi connectivity index (χ4n) is 1.59. The van der Waals surface area contributed by atoms with Gasteiger partial charge in [0.25, 0.3) is 0 Å². The normalized spacial score (nSPS) is 16.6. The summed E-state index contributed by atoms with van der Waals surface area (Å²) in [6.07, 6.45) is 4.28. The number of hydrogen-bond donors (Lipinski definition) is 1. The van der Waals surface area contributed by atoms with Gasteiger partial charge in [0.1, 0.15) is 11.6 Å². The van der Waals surface area contributed by atoms with Crippen LogP contribution in [0.2, 0.25) is 0 Å². The highest BCUT2D eigenvalue weighted by Gasteiger charge is 2.19. The molecule has 0 heterocycles. The molecule has 2 rings (SSSR count). The molecule has 0 saturated heterocycles. The van der Waals surface area contributed by atoms with Gasteiger partial charge in [-0.3, -0.25) is 0 Å². The summed E-state index contributed by atoms with van der Waals surface area (Å²) in [4.78, 5) is 0. The summed E-state index contributed by atoms with van der Waals surface area (Å²) in [5.41, 5.74) is 1.66. The predicted octanol–water partition coefficient (Wildman–Crippen LogP) is 3.12. The number of hydrogen-bond acceptors (Lipinski definition) is 1. The zero-order chi connectivity index (χ0) is 11.5. The Kier molecular flexibility index (Phi) is 3.34. The first kappa shape index (κ1) is 11.3. The maximum absolute atomic E-state index is 12.9. The Labute approximate surface area is 94.2 Å². The number of halogens is 2. The highest BCUT2D eigenvalue weighted by atomic mass is 19.1. The van der Waals surface area contributed by atoms with Crippen molar-refractivity contribution in [2.45, 2.75) is 25.8 Å². The smallest absolute Gasteiger partial charge is 0.126 e. The first-order valence-electron chi connectivity index (χ1n) is 5.50. The Balaban J connectivity index is 2.01. The summed E-state index contributed by atoms with van der Waals surface area (Å²) in [5.74, 6) is -1.07. The lowest BCUT2D eigenvalue weighted by Crippen LogP contribution is -2.18. The van der Waals surface area contributed by atoms with Crippen LogP contribution in [-0.2, 0) is 0 Å². The van der Waals surface area contributed by atoms with Gasteiger partial charge in [0.05, 0.1) is 0 Å². The van der Waals surface area contributed by atoms with Gasteiger partial charge in [0.2, 0.25) is 0 Å². The zero-order valence-electron chi connectivity index (χ0n) is 9.26. The van der Waals surface area contributed by atoms with Crippen LogP contribution in [0.15, 0.2) is 23.8 Å². The van der Waals surface area contributed by atoms with Gasteiger partial charge in [0.15, 0.2) is 0 Å². The zero-order valence-corrected chi connectivity index (χ0v) is 9.26. The molecule has 86 valence electrons. The summed E-state index contributed by atoms with van der Waals surface area (Å²) < 4.78 is 25.8. The van der Waals surface area contributed by atoms with E-state index < -0.39 is 11.6 Å². The van der Waals surface area contributed by atoms with Crippen molar-refractivity contribution in [3.63, 3.8) is 0 Å². The lowest BCUT2D eigenvalue weighted by molar-refractivity contribution is 0.583. The second kappa shape index (κ2) is 4.74. The van der Waals surface area contributed by atoms with Crippen LogP contribution in [0.5, 0.6) is 0 Å². The Morgan fingerprint density at radius 1 is 1.31 bits per heavy atom. The van der Waals surface area contributed by atoms with E-state index >= 15 is 0 Å². The fourth-order valence-corrected chi connectivity index (χ4v) is 1.59. The minimum atomic E-state index is -0.533. The molecule has 1 fully saturated rings. The lowest BCUT2D eigenvalue weighted by atomic mass is 10.1. The average Bonchev–Trinajstić information content (AvgIpc) is 2.96. The van der Waals surface area contributed by atoms with E-state index in [1.165, 1.54) is 25.0 Å². The first-order valence-corrected chi connectivity index (χ1v) is 5.50. The molecular formula is C13H15F2N. The van der Waals surface area contributed by atoms with Crippen LogP contribution in [0.1, 0.15) is 25.3 Å². The maximum Gasteiger partial charge on any atom is 0.126 e. The molecule has 1 aliphatic rings. The van der Waals surface area contributed by atoms with Gasteiger partial charge in [-0.2, -0.15) is 0 Å². The van der Waals surface area contributed by atoms with Crippen LogP contribution < -0.4 is 5.32 Å². The Morgan fingerprint density at radius 3 is 2.50 bits per heavy atom. The minimum absolute atomic E-state index is 0.533. The topological polar surface area (TPSA) is 12.0 Å². The van der Waals surface area contributed by atoms with Gasteiger partial charge in [-0.05, 0) is 37.5 Å². The molecule has 0 aromatic heterocycles. The van der Waals surface area contributed by atoms with E-state index in [1.54, 1.807) is 0 Å². The molecule has 1 aromatic carbocycles. The molecule has 1 N–H and O–H groups in total. The van der Waals surface area contributed by atoms with E-state index in [1.807, 2.05) is 13.0 Å². The van der Waals surface area contributed by atoms with Crippen LogP contribution in [0.3, 0.4) is 0 Å². The molecule has 0 aliphatic heterocycles. The number of rotatable bonds is 4. The molecule has 1 aliphatic carbocycles. The molecule has 0 amide bonds. The van der Waals surface area contributed by atoms with Crippen LogP contribution in [0, 0.1) is 11.6 Å². The third kappa shape index (κ3) is 3.42. The second-order valence-corrected chi connectivity index (χ2v) is 4.35. The quantitative estimate of drug-likeness (QED) is 0.827. The summed E-state index contributed by atoms with van der Waals surface area (Å²) in [6.45, 7) is 2.74. The molecule has 1 saturated carbocycles. The molecule has 1 aromatic rings. The lowest BCUT2D eigenvalue weighted by Gasteiger charge is -2.03. The highest BCUT2D eigenvalue weighted by Crippen LogP contribution is 2.19. The Morgan fingerprint density at radius 2 is 1.94 bits per heavy atom. The van der Waals surface area contributed by atoms with Crippen molar-refractivity contribution < 1.29 is 8.78 Å². The first-order chi connectivity index (χ1) is 7.63. The monoisotopic (exact) mass is 223 g/mol. The predicted molar refractivity (Wildman–Crippen MR) is 61.0 cm³/mol. The molecule has 0 bridgehead atoms. The molecular weight excluding hydrogens is 208 g/mol. The van der Waals surface area contributed by atoms with Crippen molar-refractivity contribution >= 4 is 6.08 Å². The Hall–Kier alpha value is -1.22. The molecule has 0 atom stereocenters. The van der Waals surface area contributed by atoms with Crippen LogP contribution in [0.25, 0.3) is 6.08 Å². The summed E-state index contributed by atoms with van der Waals surface area (Å²) in [6, 6.07) is 4.20. The number of benzene rings is 1. The third-order valence-corrected chi connectivity index (χ3v) is 2.54. The SMILES string of the molecule is C/C(=C/c1cc(F)cc(F)c1)CNC1CC1. The standard InChI is InChI=1S/C13H15F2N/c1-9(8-16-13-2-3-13)4-10-5-11(14)7-12(15)6-10/h4-7,13,16H,2-3,8H2,1H3/b9-4-. The van der Waals surface area contributed by atoms with Gasteiger partial charge in [0, 0.05) is 18.7 Å². The molecule has 3 heteroatoms. The van der Waals surface area contributed by atoms with Gasteiger partial charge in [-0.25, -0.2) is 8.78 Å². The van der Waals surface area contributed by atoms with Crippen molar-refractivity contribution in [2.24, 2.45) is 0 Å². The van der Waals surface area contributed by atoms with Crippen molar-refractivity contribution in [2.75, 3.05) is 6.54 Å². The van der Waals surface area contributed by atoms with E-state index in [0.29, 0.717) is 11.6 Å². The second-order valence-electron chi connectivity index (χ2n) is 4.35. The van der Waals surface area contributed by atoms with Crippen LogP contribution in [-0.4, -0.2) is 12.6 Å². The summed E-state index contributed by atoms with van der Waals surface area (Å²) >= 11 is 0. The third-order valence-electron chi connectivity index (χ3n) is 2.54. The average molecular weight is 223 g/mol. The van der Waals surface area contributed by atoms with Crippen LogP contribution >= 0.6 is 0 Å². The van der Waals surface area contributed by atoms with Crippen molar-refractivity contribution in [3.05, 3.63) is 41.0 Å². The van der Waals surface area contributed by atoms with Gasteiger partial charge >= 0.3 is 0 Å². The number of nitrogens with one attached hydrogen (secondary N) is 1. The molecule has 0 spiro atoms. The van der Waals surface area contributed by atoms with E-state index in [4.69, 9.17) is 0 Å². The van der Waals surface area contributed by atoms with Gasteiger partial charge in [-0.1, -0.05) is 11.6 Å². The summed E-state index contributed by atoms with van der Waals surface area (Å²) in [5, 5.41) is 3.35. The molecule has 16 heavy (non-hydrogen) atoms. The van der Waals surface area contributed by atoms with E-state index in [0.717, 1.165) is 18.2 Å². The van der Waals surface area contributed by atoms with Crippen molar-refractivity contribution in [1.82, 2.24) is 5.32 Å². The highest BCUT2D eigenvalue weighted by molar-refractivity contribution is 5.52. The fraction of sp³-hybridized carbons (Fsp3) is 0.385. The van der Waals surface area contributed by atoms with Crippen molar-refractivity contribution in [1.29, 1.82) is 0 Å². The minimum Gasteiger partial charge on any atom is -0.310 e. The maximum atomic E-state index is 12.9. The Bertz CT molecular complexity index is 388. The van der Waals surface area contributed by atoms with E-state index in [-0.39, 0.29) is 0 Å². The molecule has 0 radical (unpaired) electrons. The van der Waals surface area contributed by atoms with Gasteiger partial charge < -0.3 is 5.32 Å². The summed E-state index contributed by atoms with van der Waals surface area (Å²) in [7, 11) is 0. The van der Waals surface area contributed by atoms with E-state index in [2.05, 4.69) is 5.32 Å². The van der Waals surface area contributed by atoms with Gasteiger partial charge in [-0.15, -0.1) is 0 Å². The van der Waals surface area contributed by atoms with Crippen LogP contribution in [0.4, 0.5) is 8.78 Å². The molecule has 1 nitrogen and oxygen atoms in total. The molecule has 0 unspecified atom stereocenters.